The molecular formula is C12H22O2. The van der Waals surface area contributed by atoms with E-state index in [1.165, 1.54) is 6.92 Å². The summed E-state index contributed by atoms with van der Waals surface area (Å²) in [7, 11) is 0. The van der Waals surface area contributed by atoms with E-state index in [1.54, 1.807) is 0 Å². The molecule has 1 N–H and O–H groups in total. The van der Waals surface area contributed by atoms with Gasteiger partial charge in [-0.3, -0.25) is 4.79 Å². The summed E-state index contributed by atoms with van der Waals surface area (Å²) in [6, 6.07) is 0. The molecule has 1 aliphatic rings. The minimum Gasteiger partial charge on any atom is -0.382 e. The number of Topliss-reactive ketones (excluding diaryl/α,β-unsaturated/α-hetero) is 1. The fourth-order valence-corrected chi connectivity index (χ4v) is 2.47. The maximum atomic E-state index is 11.4. The van der Waals surface area contributed by atoms with Crippen LogP contribution in [0.15, 0.2) is 0 Å². The summed E-state index contributed by atoms with van der Waals surface area (Å²) in [4.78, 5) is 11.4. The molecule has 0 amide bonds. The standard InChI is InChI=1S/C12H22O2/c1-8(2)11-6-5-9(3)12(14,7-11)10(4)13/h8-9,11,14H,5-7H2,1-4H3/t9-,11-,12-/m0/s1. The molecule has 1 fully saturated rings. The molecule has 0 radical (unpaired) electrons. The van der Waals surface area contributed by atoms with Gasteiger partial charge in [-0.25, -0.2) is 0 Å². The number of rotatable bonds is 2. The van der Waals surface area contributed by atoms with Crippen molar-refractivity contribution >= 4 is 5.78 Å². The fourth-order valence-electron chi connectivity index (χ4n) is 2.47. The van der Waals surface area contributed by atoms with E-state index in [1.807, 2.05) is 6.92 Å². The lowest BCUT2D eigenvalue weighted by Crippen LogP contribution is -2.48. The second-order valence-electron chi connectivity index (χ2n) is 5.17. The van der Waals surface area contributed by atoms with Gasteiger partial charge < -0.3 is 5.11 Å². The third-order valence-corrected chi connectivity index (χ3v) is 3.91. The molecule has 0 aromatic heterocycles. The van der Waals surface area contributed by atoms with Crippen molar-refractivity contribution < 1.29 is 9.90 Å². The van der Waals surface area contributed by atoms with Crippen LogP contribution in [-0.4, -0.2) is 16.5 Å². The number of aliphatic hydroxyl groups is 1. The van der Waals surface area contributed by atoms with E-state index in [0.29, 0.717) is 18.3 Å². The highest BCUT2D eigenvalue weighted by atomic mass is 16.3. The van der Waals surface area contributed by atoms with Crippen molar-refractivity contribution in [2.75, 3.05) is 0 Å². The number of hydrogen-bond donors (Lipinski definition) is 1. The van der Waals surface area contributed by atoms with Crippen LogP contribution in [0.25, 0.3) is 0 Å². The third kappa shape index (κ3) is 2.00. The average molecular weight is 198 g/mol. The van der Waals surface area contributed by atoms with Crippen molar-refractivity contribution in [3.05, 3.63) is 0 Å². The summed E-state index contributed by atoms with van der Waals surface area (Å²) in [5, 5.41) is 10.3. The monoisotopic (exact) mass is 198 g/mol. The molecule has 82 valence electrons. The van der Waals surface area contributed by atoms with Crippen LogP contribution in [0, 0.1) is 17.8 Å². The largest absolute Gasteiger partial charge is 0.382 e. The van der Waals surface area contributed by atoms with Crippen molar-refractivity contribution in [1.82, 2.24) is 0 Å². The first-order valence-electron chi connectivity index (χ1n) is 5.61. The Bertz CT molecular complexity index is 222. The molecular weight excluding hydrogens is 176 g/mol. The second-order valence-corrected chi connectivity index (χ2v) is 5.17. The van der Waals surface area contributed by atoms with Crippen molar-refractivity contribution in [3.63, 3.8) is 0 Å². The Morgan fingerprint density at radius 3 is 2.43 bits per heavy atom. The summed E-state index contributed by atoms with van der Waals surface area (Å²) < 4.78 is 0. The summed E-state index contributed by atoms with van der Waals surface area (Å²) in [5.41, 5.74) is -1.05. The smallest absolute Gasteiger partial charge is 0.161 e. The van der Waals surface area contributed by atoms with Gasteiger partial charge in [-0.1, -0.05) is 20.8 Å². The maximum absolute atomic E-state index is 11.4. The molecule has 0 saturated heterocycles. The van der Waals surface area contributed by atoms with E-state index >= 15 is 0 Å². The Balaban J connectivity index is 2.78. The van der Waals surface area contributed by atoms with Gasteiger partial charge in [-0.2, -0.15) is 0 Å². The van der Waals surface area contributed by atoms with E-state index in [9.17, 15) is 9.90 Å². The van der Waals surface area contributed by atoms with Crippen LogP contribution in [0.4, 0.5) is 0 Å². The lowest BCUT2D eigenvalue weighted by atomic mass is 9.67. The van der Waals surface area contributed by atoms with Gasteiger partial charge in [0.15, 0.2) is 5.78 Å². The van der Waals surface area contributed by atoms with Crippen LogP contribution in [0.3, 0.4) is 0 Å². The number of carbonyl (C=O) groups is 1. The van der Waals surface area contributed by atoms with Gasteiger partial charge in [0.1, 0.15) is 5.60 Å². The molecule has 2 nitrogen and oxygen atoms in total. The van der Waals surface area contributed by atoms with Gasteiger partial charge in [0, 0.05) is 0 Å². The molecule has 1 aliphatic carbocycles. The quantitative estimate of drug-likeness (QED) is 0.739. The molecule has 3 atom stereocenters. The molecule has 0 aromatic carbocycles. The highest BCUT2D eigenvalue weighted by molar-refractivity contribution is 5.85. The van der Waals surface area contributed by atoms with Gasteiger partial charge in [0.2, 0.25) is 0 Å². The van der Waals surface area contributed by atoms with Gasteiger partial charge in [-0.05, 0) is 43.9 Å². The molecule has 0 aromatic rings. The van der Waals surface area contributed by atoms with E-state index < -0.39 is 5.60 Å². The van der Waals surface area contributed by atoms with Crippen molar-refractivity contribution in [2.24, 2.45) is 17.8 Å². The molecule has 2 heteroatoms. The first kappa shape index (κ1) is 11.7. The maximum Gasteiger partial charge on any atom is 0.161 e. The number of carbonyl (C=O) groups excluding carboxylic acids is 1. The fraction of sp³-hybridized carbons (Fsp3) is 0.917. The van der Waals surface area contributed by atoms with E-state index in [2.05, 4.69) is 13.8 Å². The molecule has 0 unspecified atom stereocenters. The zero-order valence-electron chi connectivity index (χ0n) is 9.71. The molecule has 0 spiro atoms. The summed E-state index contributed by atoms with van der Waals surface area (Å²) in [5.74, 6) is 1.12. The Kier molecular flexibility index (Phi) is 3.36. The van der Waals surface area contributed by atoms with Crippen LogP contribution in [0.5, 0.6) is 0 Å². The van der Waals surface area contributed by atoms with Crippen LogP contribution in [0.1, 0.15) is 47.0 Å². The second kappa shape index (κ2) is 4.01. The summed E-state index contributed by atoms with van der Waals surface area (Å²) in [6.07, 6.45) is 2.77. The lowest BCUT2D eigenvalue weighted by molar-refractivity contribution is -0.147. The summed E-state index contributed by atoms with van der Waals surface area (Å²) >= 11 is 0. The lowest BCUT2D eigenvalue weighted by Gasteiger charge is -2.41. The van der Waals surface area contributed by atoms with E-state index in [-0.39, 0.29) is 11.7 Å². The highest BCUT2D eigenvalue weighted by Gasteiger charge is 2.44. The van der Waals surface area contributed by atoms with Crippen molar-refractivity contribution in [2.45, 2.75) is 52.6 Å². The SMILES string of the molecule is CC(=O)[C@]1(O)C[C@@H](C(C)C)CC[C@@H]1C. The van der Waals surface area contributed by atoms with Gasteiger partial charge >= 0.3 is 0 Å². The number of ketones is 1. The summed E-state index contributed by atoms with van der Waals surface area (Å²) in [6.45, 7) is 7.83. The van der Waals surface area contributed by atoms with Crippen LogP contribution < -0.4 is 0 Å². The Morgan fingerprint density at radius 1 is 1.43 bits per heavy atom. The zero-order chi connectivity index (χ0) is 10.9. The first-order chi connectivity index (χ1) is 6.38. The average Bonchev–Trinajstić information content (AvgIpc) is 2.09. The Hall–Kier alpha value is -0.370. The van der Waals surface area contributed by atoms with Gasteiger partial charge in [0.05, 0.1) is 0 Å². The van der Waals surface area contributed by atoms with Gasteiger partial charge in [-0.15, -0.1) is 0 Å². The molecule has 0 bridgehead atoms. The minimum atomic E-state index is -1.05. The zero-order valence-corrected chi connectivity index (χ0v) is 9.71. The topological polar surface area (TPSA) is 37.3 Å². The molecule has 14 heavy (non-hydrogen) atoms. The normalized spacial score (nSPS) is 38.7. The predicted molar refractivity (Wildman–Crippen MR) is 57.0 cm³/mol. The minimum absolute atomic E-state index is 0.0599. The van der Waals surface area contributed by atoms with Crippen LogP contribution in [-0.2, 0) is 4.79 Å². The van der Waals surface area contributed by atoms with Crippen molar-refractivity contribution in [1.29, 1.82) is 0 Å². The molecule has 1 saturated carbocycles. The highest BCUT2D eigenvalue weighted by Crippen LogP contribution is 2.40. The van der Waals surface area contributed by atoms with Gasteiger partial charge in [0.25, 0.3) is 0 Å². The first-order valence-corrected chi connectivity index (χ1v) is 5.61. The molecule has 0 aliphatic heterocycles. The van der Waals surface area contributed by atoms with E-state index in [0.717, 1.165) is 12.8 Å². The Morgan fingerprint density at radius 2 is 2.00 bits per heavy atom. The number of hydrogen-bond acceptors (Lipinski definition) is 2. The van der Waals surface area contributed by atoms with E-state index in [4.69, 9.17) is 0 Å². The predicted octanol–water partition coefficient (Wildman–Crippen LogP) is 2.40. The van der Waals surface area contributed by atoms with Crippen LogP contribution in [0.2, 0.25) is 0 Å². The third-order valence-electron chi connectivity index (χ3n) is 3.91. The molecule has 1 rings (SSSR count). The van der Waals surface area contributed by atoms with Crippen molar-refractivity contribution in [3.8, 4) is 0 Å². The molecule has 0 heterocycles. The Labute approximate surface area is 86.7 Å². The van der Waals surface area contributed by atoms with Crippen LogP contribution >= 0.6 is 0 Å².